The molecule has 0 atom stereocenters. The highest BCUT2D eigenvalue weighted by molar-refractivity contribution is 7.17. The zero-order valence-corrected chi connectivity index (χ0v) is 14.4. The van der Waals surface area contributed by atoms with Crippen LogP contribution in [0.4, 0.5) is 13.8 Å². The van der Waals surface area contributed by atoms with Gasteiger partial charge in [-0.3, -0.25) is 4.79 Å². The van der Waals surface area contributed by atoms with E-state index in [1.807, 2.05) is 6.07 Å². The van der Waals surface area contributed by atoms with Crippen LogP contribution in [0.15, 0.2) is 48.5 Å². The first-order valence-electron chi connectivity index (χ1n) is 7.57. The van der Waals surface area contributed by atoms with Gasteiger partial charge in [-0.15, -0.1) is 11.3 Å². The fourth-order valence-electron chi connectivity index (χ4n) is 2.60. The highest BCUT2D eigenvalue weighted by Gasteiger charge is 2.24. The third kappa shape index (κ3) is 3.34. The third-order valence-electron chi connectivity index (χ3n) is 3.77. The molecule has 0 spiro atoms. The number of anilines is 1. The van der Waals surface area contributed by atoms with Gasteiger partial charge >= 0.3 is 5.97 Å². The van der Waals surface area contributed by atoms with E-state index < -0.39 is 23.5 Å². The molecule has 26 heavy (non-hydrogen) atoms. The molecule has 1 amide bonds. The molecule has 3 aromatic rings. The number of amides is 1. The van der Waals surface area contributed by atoms with Gasteiger partial charge in [-0.05, 0) is 30.7 Å². The van der Waals surface area contributed by atoms with Gasteiger partial charge in [0.15, 0.2) is 11.6 Å². The molecule has 0 bridgehead atoms. The van der Waals surface area contributed by atoms with Crippen molar-refractivity contribution in [1.29, 1.82) is 0 Å². The van der Waals surface area contributed by atoms with Crippen LogP contribution in [0.3, 0.4) is 0 Å². The fraction of sp³-hybridized carbons (Fsp3) is 0.0526. The van der Waals surface area contributed by atoms with Crippen molar-refractivity contribution in [2.24, 2.45) is 0 Å². The predicted molar refractivity (Wildman–Crippen MR) is 95.8 cm³/mol. The number of carbonyl (C=O) groups excluding carboxylic acids is 1. The van der Waals surface area contributed by atoms with Crippen LogP contribution < -0.4 is 5.32 Å². The summed E-state index contributed by atoms with van der Waals surface area (Å²) in [5.74, 6) is -4.12. The normalized spacial score (nSPS) is 10.6. The number of benzene rings is 2. The standard InChI is InChI=1S/C19H13F2NO3S/c1-10-15(11-5-3-2-4-6-11)16(19(24)25)18(26-10)22-17(23)12-7-8-13(20)14(21)9-12/h2-9H,1H3,(H,22,23)(H,24,25). The van der Waals surface area contributed by atoms with E-state index in [0.717, 1.165) is 29.5 Å². The zero-order valence-electron chi connectivity index (χ0n) is 13.5. The Bertz CT molecular complexity index is 1000. The minimum Gasteiger partial charge on any atom is -0.478 e. The highest BCUT2D eigenvalue weighted by atomic mass is 32.1. The Labute approximate surface area is 151 Å². The molecule has 0 saturated carbocycles. The molecule has 2 N–H and O–H groups in total. The Morgan fingerprint density at radius 1 is 1.04 bits per heavy atom. The number of thiophene rings is 1. The van der Waals surface area contributed by atoms with Crippen molar-refractivity contribution in [2.45, 2.75) is 6.92 Å². The van der Waals surface area contributed by atoms with Gasteiger partial charge in [-0.25, -0.2) is 13.6 Å². The van der Waals surface area contributed by atoms with Crippen LogP contribution in [0.5, 0.6) is 0 Å². The van der Waals surface area contributed by atoms with Gasteiger partial charge in [0.1, 0.15) is 10.6 Å². The van der Waals surface area contributed by atoms with Crippen molar-refractivity contribution in [2.75, 3.05) is 5.32 Å². The summed E-state index contributed by atoms with van der Waals surface area (Å²) in [6, 6.07) is 11.7. The first-order valence-corrected chi connectivity index (χ1v) is 8.38. The van der Waals surface area contributed by atoms with Crippen molar-refractivity contribution >= 4 is 28.2 Å². The SMILES string of the molecule is Cc1sc(NC(=O)c2ccc(F)c(F)c2)c(C(=O)O)c1-c1ccccc1. The first-order chi connectivity index (χ1) is 12.4. The smallest absolute Gasteiger partial charge is 0.339 e. The van der Waals surface area contributed by atoms with E-state index in [1.165, 1.54) is 0 Å². The maximum Gasteiger partial charge on any atom is 0.339 e. The Morgan fingerprint density at radius 2 is 1.73 bits per heavy atom. The number of carboxylic acid groups (broad SMARTS) is 1. The number of carbonyl (C=O) groups is 2. The van der Waals surface area contributed by atoms with E-state index >= 15 is 0 Å². The molecule has 1 heterocycles. The Hall–Kier alpha value is -3.06. The van der Waals surface area contributed by atoms with E-state index in [0.29, 0.717) is 16.0 Å². The van der Waals surface area contributed by atoms with Crippen LogP contribution in [-0.4, -0.2) is 17.0 Å². The summed E-state index contributed by atoms with van der Waals surface area (Å²) < 4.78 is 26.3. The van der Waals surface area contributed by atoms with Crippen molar-refractivity contribution in [3.63, 3.8) is 0 Å². The second-order valence-corrected chi connectivity index (χ2v) is 6.72. The maximum atomic E-state index is 13.3. The van der Waals surface area contributed by atoms with Crippen LogP contribution in [0.1, 0.15) is 25.6 Å². The monoisotopic (exact) mass is 373 g/mol. The summed E-state index contributed by atoms with van der Waals surface area (Å²) in [6.07, 6.45) is 0. The molecule has 3 rings (SSSR count). The lowest BCUT2D eigenvalue weighted by Gasteiger charge is -2.07. The van der Waals surface area contributed by atoms with Gasteiger partial charge < -0.3 is 10.4 Å². The molecular formula is C19H13F2NO3S. The fourth-order valence-corrected chi connectivity index (χ4v) is 3.67. The summed E-state index contributed by atoms with van der Waals surface area (Å²) >= 11 is 1.11. The largest absolute Gasteiger partial charge is 0.478 e. The second kappa shape index (κ2) is 7.05. The van der Waals surface area contributed by atoms with Gasteiger partial charge in [-0.2, -0.15) is 0 Å². The number of aromatic carboxylic acids is 1. The molecule has 0 aliphatic carbocycles. The van der Waals surface area contributed by atoms with Crippen molar-refractivity contribution < 1.29 is 23.5 Å². The number of carboxylic acids is 1. The number of hydrogen-bond acceptors (Lipinski definition) is 3. The summed E-state index contributed by atoms with van der Waals surface area (Å²) in [5.41, 5.74) is 1.10. The average molecular weight is 373 g/mol. The summed E-state index contributed by atoms with van der Waals surface area (Å²) in [7, 11) is 0. The lowest BCUT2D eigenvalue weighted by atomic mass is 10.0. The van der Waals surface area contributed by atoms with Gasteiger partial charge in [0.2, 0.25) is 0 Å². The molecule has 132 valence electrons. The first kappa shape index (κ1) is 17.8. The molecule has 0 radical (unpaired) electrons. The molecule has 0 saturated heterocycles. The van der Waals surface area contributed by atoms with Crippen LogP contribution in [-0.2, 0) is 0 Å². The summed E-state index contributed by atoms with van der Waals surface area (Å²) in [4.78, 5) is 24.8. The molecular weight excluding hydrogens is 360 g/mol. The van der Waals surface area contributed by atoms with Gasteiger partial charge in [0.25, 0.3) is 5.91 Å². The summed E-state index contributed by atoms with van der Waals surface area (Å²) in [6.45, 7) is 1.76. The van der Waals surface area contributed by atoms with Gasteiger partial charge in [0.05, 0.1) is 0 Å². The molecule has 2 aromatic carbocycles. The minimum absolute atomic E-state index is 0.0327. The average Bonchev–Trinajstić information content (AvgIpc) is 2.94. The number of aryl methyl sites for hydroxylation is 1. The Morgan fingerprint density at radius 3 is 2.35 bits per heavy atom. The van der Waals surface area contributed by atoms with Crippen LogP contribution in [0.25, 0.3) is 11.1 Å². The van der Waals surface area contributed by atoms with E-state index in [2.05, 4.69) is 5.32 Å². The van der Waals surface area contributed by atoms with E-state index in [9.17, 15) is 23.5 Å². The molecule has 0 fully saturated rings. The molecule has 1 aromatic heterocycles. The zero-order chi connectivity index (χ0) is 18.8. The number of hydrogen-bond donors (Lipinski definition) is 2. The lowest BCUT2D eigenvalue weighted by molar-refractivity contribution is 0.0699. The molecule has 0 aliphatic heterocycles. The van der Waals surface area contributed by atoms with Crippen LogP contribution >= 0.6 is 11.3 Å². The van der Waals surface area contributed by atoms with Crippen molar-refractivity contribution in [3.8, 4) is 11.1 Å². The summed E-state index contributed by atoms with van der Waals surface area (Å²) in [5, 5.41) is 12.3. The quantitative estimate of drug-likeness (QED) is 0.680. The van der Waals surface area contributed by atoms with Crippen molar-refractivity contribution in [1.82, 2.24) is 0 Å². The molecule has 7 heteroatoms. The topological polar surface area (TPSA) is 66.4 Å². The predicted octanol–water partition coefficient (Wildman–Crippen LogP) is 4.95. The number of nitrogens with one attached hydrogen (secondary N) is 1. The van der Waals surface area contributed by atoms with Gasteiger partial charge in [-0.1, -0.05) is 30.3 Å². The number of halogens is 2. The van der Waals surface area contributed by atoms with E-state index in [1.54, 1.807) is 31.2 Å². The third-order valence-corrected chi connectivity index (χ3v) is 4.79. The minimum atomic E-state index is -1.19. The molecule has 4 nitrogen and oxygen atoms in total. The lowest BCUT2D eigenvalue weighted by Crippen LogP contribution is -2.14. The molecule has 0 unspecified atom stereocenters. The van der Waals surface area contributed by atoms with E-state index in [4.69, 9.17) is 0 Å². The second-order valence-electron chi connectivity index (χ2n) is 5.49. The Kier molecular flexibility index (Phi) is 4.81. The number of rotatable bonds is 4. The maximum absolute atomic E-state index is 13.3. The molecule has 0 aliphatic rings. The van der Waals surface area contributed by atoms with Crippen LogP contribution in [0, 0.1) is 18.6 Å². The van der Waals surface area contributed by atoms with Gasteiger partial charge in [0, 0.05) is 16.0 Å². The highest BCUT2D eigenvalue weighted by Crippen LogP contribution is 2.40. The van der Waals surface area contributed by atoms with E-state index in [-0.39, 0.29) is 16.1 Å². The van der Waals surface area contributed by atoms with Crippen molar-refractivity contribution in [3.05, 3.63) is 76.2 Å². The van der Waals surface area contributed by atoms with Crippen LogP contribution in [0.2, 0.25) is 0 Å². The Balaban J connectivity index is 2.02.